The zero-order valence-corrected chi connectivity index (χ0v) is 11.5. The highest BCUT2D eigenvalue weighted by Crippen LogP contribution is 2.34. The summed E-state index contributed by atoms with van der Waals surface area (Å²) in [6, 6.07) is 10.7. The fourth-order valence-electron chi connectivity index (χ4n) is 2.48. The Morgan fingerprint density at radius 2 is 2.00 bits per heavy atom. The van der Waals surface area contributed by atoms with E-state index < -0.39 is 0 Å². The Balaban J connectivity index is 1.68. The fourth-order valence-corrected chi connectivity index (χ4v) is 2.48. The first-order valence-corrected chi connectivity index (χ1v) is 6.76. The highest BCUT2D eigenvalue weighted by Gasteiger charge is 2.49. The first kappa shape index (κ1) is 13.9. The lowest BCUT2D eigenvalue weighted by molar-refractivity contribution is 0.113. The predicted molar refractivity (Wildman–Crippen MR) is 72.8 cm³/mol. The van der Waals surface area contributed by atoms with Crippen molar-refractivity contribution < 1.29 is 14.3 Å². The standard InChI is InChI=1S/C15H21NO3/c1-3-13-14(16(13)15(17)18-2)9-10-19-11-12-7-5-4-6-8-12/h4-8,13-14H,3,9-11H2,1-2H3/t13-,14-,16?/m1/s1. The van der Waals surface area contributed by atoms with Crippen LogP contribution in [0.4, 0.5) is 4.79 Å². The molecule has 0 bridgehead atoms. The number of rotatable bonds is 6. The maximum absolute atomic E-state index is 11.5. The topological polar surface area (TPSA) is 38.5 Å². The van der Waals surface area contributed by atoms with Crippen LogP contribution in [0.3, 0.4) is 0 Å². The highest BCUT2D eigenvalue weighted by atomic mass is 16.5. The summed E-state index contributed by atoms with van der Waals surface area (Å²) in [7, 11) is 1.43. The Morgan fingerprint density at radius 1 is 1.26 bits per heavy atom. The molecule has 1 aromatic rings. The summed E-state index contributed by atoms with van der Waals surface area (Å²) >= 11 is 0. The lowest BCUT2D eigenvalue weighted by Crippen LogP contribution is -2.14. The summed E-state index contributed by atoms with van der Waals surface area (Å²) in [6.07, 6.45) is 1.62. The molecule has 1 aliphatic rings. The van der Waals surface area contributed by atoms with E-state index in [1.807, 2.05) is 30.3 Å². The third-order valence-electron chi connectivity index (χ3n) is 3.54. The van der Waals surface area contributed by atoms with E-state index in [4.69, 9.17) is 9.47 Å². The SMILES string of the molecule is CC[C@@H]1[C@@H](CCOCc2ccccc2)N1C(=O)OC. The average Bonchev–Trinajstić information content (AvgIpc) is 3.17. The van der Waals surface area contributed by atoms with Gasteiger partial charge in [-0.05, 0) is 18.4 Å². The van der Waals surface area contributed by atoms with Crippen LogP contribution < -0.4 is 0 Å². The Hall–Kier alpha value is -1.55. The van der Waals surface area contributed by atoms with Crippen molar-refractivity contribution in [3.8, 4) is 0 Å². The van der Waals surface area contributed by atoms with Gasteiger partial charge in [0.1, 0.15) is 0 Å². The minimum absolute atomic E-state index is 0.222. The summed E-state index contributed by atoms with van der Waals surface area (Å²) in [4.78, 5) is 13.3. The monoisotopic (exact) mass is 263 g/mol. The number of carbonyl (C=O) groups is 1. The van der Waals surface area contributed by atoms with Crippen LogP contribution in [0.1, 0.15) is 25.3 Å². The molecule has 1 heterocycles. The third-order valence-corrected chi connectivity index (χ3v) is 3.54. The molecule has 4 nitrogen and oxygen atoms in total. The molecule has 0 aromatic heterocycles. The second-order valence-electron chi connectivity index (χ2n) is 4.75. The van der Waals surface area contributed by atoms with Crippen LogP contribution in [0.5, 0.6) is 0 Å². The number of amides is 1. The van der Waals surface area contributed by atoms with Crippen molar-refractivity contribution in [1.29, 1.82) is 0 Å². The van der Waals surface area contributed by atoms with Gasteiger partial charge >= 0.3 is 6.09 Å². The quantitative estimate of drug-likeness (QED) is 0.585. The molecule has 0 aliphatic carbocycles. The van der Waals surface area contributed by atoms with Crippen LogP contribution in [0.15, 0.2) is 30.3 Å². The van der Waals surface area contributed by atoms with E-state index >= 15 is 0 Å². The van der Waals surface area contributed by atoms with Gasteiger partial charge in [-0.15, -0.1) is 0 Å². The van der Waals surface area contributed by atoms with Crippen LogP contribution >= 0.6 is 0 Å². The van der Waals surface area contributed by atoms with E-state index in [9.17, 15) is 4.79 Å². The van der Waals surface area contributed by atoms with E-state index in [-0.39, 0.29) is 12.1 Å². The van der Waals surface area contributed by atoms with Crippen LogP contribution in [0.2, 0.25) is 0 Å². The molecule has 4 heteroatoms. The smallest absolute Gasteiger partial charge is 0.410 e. The van der Waals surface area contributed by atoms with Crippen molar-refractivity contribution in [1.82, 2.24) is 4.90 Å². The molecular formula is C15H21NO3. The summed E-state index contributed by atoms with van der Waals surface area (Å²) in [5, 5.41) is 0. The van der Waals surface area contributed by atoms with Gasteiger partial charge in [-0.3, -0.25) is 4.90 Å². The largest absolute Gasteiger partial charge is 0.453 e. The van der Waals surface area contributed by atoms with Crippen LogP contribution in [-0.2, 0) is 16.1 Å². The zero-order chi connectivity index (χ0) is 13.7. The van der Waals surface area contributed by atoms with E-state index in [0.717, 1.165) is 12.8 Å². The summed E-state index contributed by atoms with van der Waals surface area (Å²) in [6.45, 7) is 3.39. The molecule has 1 amide bonds. The molecule has 0 radical (unpaired) electrons. The maximum Gasteiger partial charge on any atom is 0.410 e. The van der Waals surface area contributed by atoms with Crippen LogP contribution in [0.25, 0.3) is 0 Å². The molecule has 2 rings (SSSR count). The second-order valence-corrected chi connectivity index (χ2v) is 4.75. The molecule has 0 N–H and O–H groups in total. The predicted octanol–water partition coefficient (Wildman–Crippen LogP) is 2.82. The van der Waals surface area contributed by atoms with Crippen molar-refractivity contribution in [3.63, 3.8) is 0 Å². The maximum atomic E-state index is 11.5. The van der Waals surface area contributed by atoms with Gasteiger partial charge in [0.05, 0.1) is 25.8 Å². The molecule has 0 saturated carbocycles. The van der Waals surface area contributed by atoms with Crippen molar-refractivity contribution in [2.75, 3.05) is 13.7 Å². The van der Waals surface area contributed by atoms with E-state index in [2.05, 4.69) is 6.92 Å². The molecule has 1 fully saturated rings. The zero-order valence-electron chi connectivity index (χ0n) is 11.5. The van der Waals surface area contributed by atoms with E-state index in [1.54, 1.807) is 4.90 Å². The van der Waals surface area contributed by atoms with Crippen LogP contribution in [0, 0.1) is 0 Å². The van der Waals surface area contributed by atoms with Gasteiger partial charge in [0, 0.05) is 6.61 Å². The first-order valence-electron chi connectivity index (χ1n) is 6.76. The number of hydrogen-bond acceptors (Lipinski definition) is 3. The summed E-state index contributed by atoms with van der Waals surface area (Å²) < 4.78 is 10.4. The molecule has 2 atom stereocenters. The van der Waals surface area contributed by atoms with E-state index in [0.29, 0.717) is 19.3 Å². The van der Waals surface area contributed by atoms with Crippen molar-refractivity contribution in [3.05, 3.63) is 35.9 Å². The first-order chi connectivity index (χ1) is 9.27. The van der Waals surface area contributed by atoms with Gasteiger partial charge in [0.2, 0.25) is 0 Å². The summed E-state index contributed by atoms with van der Waals surface area (Å²) in [5.41, 5.74) is 1.18. The van der Waals surface area contributed by atoms with Crippen molar-refractivity contribution in [2.45, 2.75) is 38.5 Å². The highest BCUT2D eigenvalue weighted by molar-refractivity contribution is 5.71. The lowest BCUT2D eigenvalue weighted by atomic mass is 10.2. The van der Waals surface area contributed by atoms with Gasteiger partial charge in [-0.25, -0.2) is 4.79 Å². The van der Waals surface area contributed by atoms with Gasteiger partial charge < -0.3 is 9.47 Å². The van der Waals surface area contributed by atoms with Crippen molar-refractivity contribution in [2.24, 2.45) is 0 Å². The van der Waals surface area contributed by atoms with Crippen LogP contribution in [-0.4, -0.2) is 36.8 Å². The molecule has 19 heavy (non-hydrogen) atoms. The number of nitrogens with zero attached hydrogens (tertiary/aromatic N) is 1. The van der Waals surface area contributed by atoms with Gasteiger partial charge in [-0.2, -0.15) is 0 Å². The Labute approximate surface area is 114 Å². The number of hydrogen-bond donors (Lipinski definition) is 0. The number of methoxy groups -OCH3 is 1. The molecular weight excluding hydrogens is 242 g/mol. The Bertz CT molecular complexity index is 407. The van der Waals surface area contributed by atoms with Crippen molar-refractivity contribution >= 4 is 6.09 Å². The fraction of sp³-hybridized carbons (Fsp3) is 0.533. The average molecular weight is 263 g/mol. The molecule has 0 spiro atoms. The molecule has 1 saturated heterocycles. The second kappa shape index (κ2) is 6.57. The molecule has 104 valence electrons. The Kier molecular flexibility index (Phi) is 4.80. The normalized spacial score (nSPS) is 21.3. The van der Waals surface area contributed by atoms with Gasteiger partial charge in [-0.1, -0.05) is 37.3 Å². The Morgan fingerprint density at radius 3 is 2.63 bits per heavy atom. The number of carbonyl (C=O) groups excluding carboxylic acids is 1. The minimum Gasteiger partial charge on any atom is -0.453 e. The number of ether oxygens (including phenoxy) is 2. The molecule has 1 aliphatic heterocycles. The minimum atomic E-state index is -0.222. The molecule has 0 unspecified atom stereocenters. The molecule has 1 aromatic carbocycles. The lowest BCUT2D eigenvalue weighted by Gasteiger charge is -2.04. The van der Waals surface area contributed by atoms with Gasteiger partial charge in [0.15, 0.2) is 0 Å². The van der Waals surface area contributed by atoms with Gasteiger partial charge in [0.25, 0.3) is 0 Å². The van der Waals surface area contributed by atoms with E-state index in [1.165, 1.54) is 12.7 Å². The number of benzene rings is 1. The third kappa shape index (κ3) is 3.47. The summed E-state index contributed by atoms with van der Waals surface area (Å²) in [5.74, 6) is 0.